The summed E-state index contributed by atoms with van der Waals surface area (Å²) in [5.41, 5.74) is 2.35. The van der Waals surface area contributed by atoms with Crippen LogP contribution in [0.4, 0.5) is 5.95 Å². The molecule has 0 saturated carbocycles. The number of anilines is 1. The van der Waals surface area contributed by atoms with Gasteiger partial charge in [0, 0.05) is 49.9 Å². The summed E-state index contributed by atoms with van der Waals surface area (Å²) in [5.74, 6) is 1.46. The number of ether oxygens (including phenoxy) is 2. The summed E-state index contributed by atoms with van der Waals surface area (Å²) in [4.78, 5) is 24.7. The third-order valence-corrected chi connectivity index (χ3v) is 5.55. The van der Waals surface area contributed by atoms with Crippen LogP contribution in [0.5, 0.6) is 11.5 Å². The number of fused-ring (bicyclic) bond motifs is 1. The number of hydrogen-bond donors (Lipinski definition) is 2. The Morgan fingerprint density at radius 1 is 1.31 bits per heavy atom. The maximum absolute atomic E-state index is 12.7. The van der Waals surface area contributed by atoms with Gasteiger partial charge in [0.05, 0.1) is 25.0 Å². The van der Waals surface area contributed by atoms with Gasteiger partial charge in [-0.25, -0.2) is 4.98 Å². The minimum absolute atomic E-state index is 0.0521. The minimum Gasteiger partial charge on any atom is -0.507 e. The third kappa shape index (κ3) is 4.23. The second kappa shape index (κ2) is 8.04. The molecule has 1 aromatic carbocycles. The Hall–Kier alpha value is -2.58. The van der Waals surface area contributed by atoms with Gasteiger partial charge < -0.3 is 19.5 Å². The lowest BCUT2D eigenvalue weighted by molar-refractivity contribution is -0.00576. The third-order valence-electron chi connectivity index (χ3n) is 5.55. The zero-order valence-corrected chi connectivity index (χ0v) is 17.1. The fraction of sp³-hybridized carbons (Fsp3) is 0.524. The fourth-order valence-electron chi connectivity index (χ4n) is 4.16. The number of rotatable bonds is 4. The first-order valence-corrected chi connectivity index (χ1v) is 10.0. The Morgan fingerprint density at radius 3 is 2.76 bits per heavy atom. The molecule has 0 unspecified atom stereocenters. The largest absolute Gasteiger partial charge is 0.507 e. The maximum atomic E-state index is 12.7. The number of phenols is 1. The van der Waals surface area contributed by atoms with Crippen molar-refractivity contribution >= 4 is 5.95 Å². The van der Waals surface area contributed by atoms with Crippen LogP contribution >= 0.6 is 0 Å². The summed E-state index contributed by atoms with van der Waals surface area (Å²) in [6.07, 6.45) is 0.828. The lowest BCUT2D eigenvalue weighted by atomic mass is 10.1. The molecule has 2 aliphatic rings. The van der Waals surface area contributed by atoms with Crippen molar-refractivity contribution in [3.63, 3.8) is 0 Å². The number of nitrogens with one attached hydrogen (secondary N) is 1. The van der Waals surface area contributed by atoms with E-state index >= 15 is 0 Å². The number of benzene rings is 1. The molecule has 2 aliphatic heterocycles. The van der Waals surface area contributed by atoms with Gasteiger partial charge in [0.15, 0.2) is 0 Å². The van der Waals surface area contributed by atoms with Crippen molar-refractivity contribution in [3.05, 3.63) is 45.4 Å². The van der Waals surface area contributed by atoms with E-state index in [9.17, 15) is 9.90 Å². The molecule has 4 rings (SSSR count). The number of nitrogens with zero attached hydrogens (tertiary/aromatic N) is 3. The number of aromatic hydroxyl groups is 1. The van der Waals surface area contributed by atoms with E-state index in [0.717, 1.165) is 23.4 Å². The predicted octanol–water partition coefficient (Wildman–Crippen LogP) is 1.66. The van der Waals surface area contributed by atoms with Crippen LogP contribution in [-0.4, -0.2) is 58.9 Å². The SMILES string of the molecule is COc1ccc(CN2CCc3c(nc(N4C[C@H](C)O[C@@H](C)C4)[nH]c3=O)C2)c(O)c1. The topological polar surface area (TPSA) is 90.9 Å². The van der Waals surface area contributed by atoms with Crippen LogP contribution in [0.2, 0.25) is 0 Å². The molecule has 8 heteroatoms. The number of aromatic nitrogens is 2. The highest BCUT2D eigenvalue weighted by Crippen LogP contribution is 2.26. The highest BCUT2D eigenvalue weighted by Gasteiger charge is 2.27. The van der Waals surface area contributed by atoms with Gasteiger partial charge in [0.25, 0.3) is 5.56 Å². The number of phenolic OH excluding ortho intramolecular Hbond substituents is 1. The van der Waals surface area contributed by atoms with Crippen molar-refractivity contribution in [2.75, 3.05) is 31.6 Å². The van der Waals surface area contributed by atoms with Gasteiger partial charge in [-0.05, 0) is 26.3 Å². The van der Waals surface area contributed by atoms with Gasteiger partial charge in [0.2, 0.25) is 5.95 Å². The normalized spacial score (nSPS) is 22.4. The number of methoxy groups -OCH3 is 1. The lowest BCUT2D eigenvalue weighted by Crippen LogP contribution is -2.47. The number of morpholine rings is 1. The van der Waals surface area contributed by atoms with Gasteiger partial charge in [-0.2, -0.15) is 0 Å². The van der Waals surface area contributed by atoms with E-state index in [4.69, 9.17) is 14.5 Å². The average molecular weight is 400 g/mol. The molecule has 156 valence electrons. The summed E-state index contributed by atoms with van der Waals surface area (Å²) in [5, 5.41) is 10.3. The molecule has 2 atom stereocenters. The Balaban J connectivity index is 1.54. The highest BCUT2D eigenvalue weighted by molar-refractivity contribution is 5.40. The van der Waals surface area contributed by atoms with E-state index in [-0.39, 0.29) is 23.5 Å². The molecule has 1 aromatic heterocycles. The molecule has 0 amide bonds. The smallest absolute Gasteiger partial charge is 0.255 e. The van der Waals surface area contributed by atoms with Crippen molar-refractivity contribution in [2.24, 2.45) is 0 Å². The fourth-order valence-corrected chi connectivity index (χ4v) is 4.16. The van der Waals surface area contributed by atoms with Crippen LogP contribution in [0.1, 0.15) is 30.7 Å². The molecule has 1 saturated heterocycles. The Labute approximate surface area is 170 Å². The van der Waals surface area contributed by atoms with Crippen LogP contribution < -0.4 is 15.2 Å². The Kier molecular flexibility index (Phi) is 5.47. The van der Waals surface area contributed by atoms with Gasteiger partial charge in [-0.3, -0.25) is 14.7 Å². The Bertz CT molecular complexity index is 935. The molecule has 0 bridgehead atoms. The van der Waals surface area contributed by atoms with Crippen molar-refractivity contribution in [2.45, 2.75) is 45.6 Å². The van der Waals surface area contributed by atoms with Gasteiger partial charge >= 0.3 is 0 Å². The Morgan fingerprint density at radius 2 is 2.07 bits per heavy atom. The van der Waals surface area contributed by atoms with Crippen molar-refractivity contribution in [1.29, 1.82) is 0 Å². The van der Waals surface area contributed by atoms with Crippen LogP contribution in [-0.2, 0) is 24.2 Å². The zero-order valence-electron chi connectivity index (χ0n) is 17.1. The molecule has 2 N–H and O–H groups in total. The quantitative estimate of drug-likeness (QED) is 0.806. The standard InChI is InChI=1S/C21H28N4O4/c1-13-9-25(10-14(2)29-13)21-22-18-12-24(7-6-17(18)20(27)23-21)11-15-4-5-16(28-3)8-19(15)26/h4-5,8,13-14,26H,6-7,9-12H2,1-3H3,(H,22,23,27)/t13-,14-/m0/s1. The molecule has 1 fully saturated rings. The van der Waals surface area contributed by atoms with E-state index in [1.807, 2.05) is 26.0 Å². The zero-order chi connectivity index (χ0) is 20.5. The molecule has 0 radical (unpaired) electrons. The summed E-state index contributed by atoms with van der Waals surface area (Å²) in [7, 11) is 1.58. The summed E-state index contributed by atoms with van der Waals surface area (Å²) in [6.45, 7) is 7.38. The van der Waals surface area contributed by atoms with E-state index in [2.05, 4.69) is 14.8 Å². The van der Waals surface area contributed by atoms with E-state index in [1.54, 1.807) is 13.2 Å². The molecule has 3 heterocycles. The molecular weight excluding hydrogens is 372 g/mol. The first-order valence-electron chi connectivity index (χ1n) is 10.0. The number of hydrogen-bond acceptors (Lipinski definition) is 7. The first-order chi connectivity index (χ1) is 13.9. The summed E-state index contributed by atoms with van der Waals surface area (Å²) in [6, 6.07) is 5.33. The molecule has 2 aromatic rings. The minimum atomic E-state index is -0.0521. The van der Waals surface area contributed by atoms with Crippen molar-refractivity contribution in [3.8, 4) is 11.5 Å². The van der Waals surface area contributed by atoms with Crippen molar-refractivity contribution in [1.82, 2.24) is 14.9 Å². The van der Waals surface area contributed by atoms with Gasteiger partial charge in [-0.15, -0.1) is 0 Å². The summed E-state index contributed by atoms with van der Waals surface area (Å²) < 4.78 is 10.9. The molecule has 0 aliphatic carbocycles. The van der Waals surface area contributed by atoms with Crippen molar-refractivity contribution < 1.29 is 14.6 Å². The molecule has 29 heavy (non-hydrogen) atoms. The van der Waals surface area contributed by atoms with Gasteiger partial charge in [-0.1, -0.05) is 6.07 Å². The predicted molar refractivity (Wildman–Crippen MR) is 110 cm³/mol. The van der Waals surface area contributed by atoms with Crippen LogP contribution in [0.25, 0.3) is 0 Å². The highest BCUT2D eigenvalue weighted by atomic mass is 16.5. The van der Waals surface area contributed by atoms with Crippen LogP contribution in [0.15, 0.2) is 23.0 Å². The maximum Gasteiger partial charge on any atom is 0.255 e. The number of aromatic amines is 1. The first kappa shape index (κ1) is 19.7. The second-order valence-corrected chi connectivity index (χ2v) is 7.93. The summed E-state index contributed by atoms with van der Waals surface area (Å²) >= 11 is 0. The monoisotopic (exact) mass is 400 g/mol. The van der Waals surface area contributed by atoms with E-state index < -0.39 is 0 Å². The lowest BCUT2D eigenvalue weighted by Gasteiger charge is -2.36. The molecule has 0 spiro atoms. The van der Waals surface area contributed by atoms with E-state index in [1.165, 1.54) is 0 Å². The molecular formula is C21H28N4O4. The second-order valence-electron chi connectivity index (χ2n) is 7.93. The molecule has 8 nitrogen and oxygen atoms in total. The van der Waals surface area contributed by atoms with E-state index in [0.29, 0.717) is 44.3 Å². The van der Waals surface area contributed by atoms with Crippen LogP contribution in [0, 0.1) is 0 Å². The van der Waals surface area contributed by atoms with Gasteiger partial charge in [0.1, 0.15) is 11.5 Å². The average Bonchev–Trinajstić information content (AvgIpc) is 2.68. The van der Waals surface area contributed by atoms with Crippen LogP contribution in [0.3, 0.4) is 0 Å². The number of H-pyrrole nitrogens is 1.